The van der Waals surface area contributed by atoms with Crippen LogP contribution in [0, 0.1) is 0 Å². The first-order chi connectivity index (χ1) is 13.7. The van der Waals surface area contributed by atoms with Gasteiger partial charge in [0.15, 0.2) is 0 Å². The van der Waals surface area contributed by atoms with Crippen LogP contribution < -0.4 is 0 Å². The average molecular weight is 394 g/mol. The highest BCUT2D eigenvalue weighted by Crippen LogP contribution is 2.49. The zero-order chi connectivity index (χ0) is 19.1. The van der Waals surface area contributed by atoms with Crippen LogP contribution in [0.4, 0.5) is 4.79 Å². The standard InChI is InChI=1S/C21H35N3O4/c1-2-26-19(25)23-13-6-16(7-14-23)22-11-8-17(9-12-22)24-18-5-3-4-10-21(18)15-27-20(24)28-21/h16-18,20H,2-15H2,1H3/t18-,20?,21+/m0/s1. The van der Waals surface area contributed by atoms with Crippen molar-refractivity contribution in [1.29, 1.82) is 0 Å². The molecule has 5 rings (SSSR count). The van der Waals surface area contributed by atoms with Crippen molar-refractivity contribution in [2.24, 2.45) is 0 Å². The van der Waals surface area contributed by atoms with Gasteiger partial charge < -0.3 is 24.0 Å². The molecule has 1 unspecified atom stereocenters. The third kappa shape index (κ3) is 3.24. The second-order valence-electron chi connectivity index (χ2n) is 9.19. The van der Waals surface area contributed by atoms with Gasteiger partial charge in [0.25, 0.3) is 0 Å². The average Bonchev–Trinajstić information content (AvgIpc) is 3.30. The molecule has 7 heteroatoms. The molecule has 0 aromatic carbocycles. The summed E-state index contributed by atoms with van der Waals surface area (Å²) in [4.78, 5) is 19.0. The summed E-state index contributed by atoms with van der Waals surface area (Å²) in [7, 11) is 0. The van der Waals surface area contributed by atoms with Crippen LogP contribution in [0.5, 0.6) is 0 Å². The molecule has 4 aliphatic heterocycles. The van der Waals surface area contributed by atoms with Gasteiger partial charge in [0.05, 0.1) is 13.2 Å². The molecule has 7 nitrogen and oxygen atoms in total. The Bertz CT molecular complexity index is 574. The summed E-state index contributed by atoms with van der Waals surface area (Å²) in [6.45, 7) is 7.07. The van der Waals surface area contributed by atoms with E-state index in [0.717, 1.165) is 45.6 Å². The normalized spacial score (nSPS) is 38.0. The Morgan fingerprint density at radius 2 is 1.79 bits per heavy atom. The van der Waals surface area contributed by atoms with Crippen molar-refractivity contribution >= 4 is 6.09 Å². The van der Waals surface area contributed by atoms with Gasteiger partial charge in [0, 0.05) is 31.2 Å². The van der Waals surface area contributed by atoms with Crippen LogP contribution in [-0.2, 0) is 14.2 Å². The van der Waals surface area contributed by atoms with Gasteiger partial charge in [-0.2, -0.15) is 0 Å². The maximum Gasteiger partial charge on any atom is 0.409 e. The third-order valence-corrected chi connectivity index (χ3v) is 7.77. The van der Waals surface area contributed by atoms with E-state index in [4.69, 9.17) is 14.2 Å². The number of hydrogen-bond acceptors (Lipinski definition) is 6. The van der Waals surface area contributed by atoms with Gasteiger partial charge in [0.1, 0.15) is 5.60 Å². The lowest BCUT2D eigenvalue weighted by Gasteiger charge is -2.47. The number of likely N-dealkylation sites (tertiary alicyclic amines) is 2. The topological polar surface area (TPSA) is 54.5 Å². The van der Waals surface area contributed by atoms with Crippen molar-refractivity contribution in [1.82, 2.24) is 14.7 Å². The highest BCUT2D eigenvalue weighted by Gasteiger charge is 2.61. The van der Waals surface area contributed by atoms with Crippen molar-refractivity contribution in [2.75, 3.05) is 39.4 Å². The van der Waals surface area contributed by atoms with E-state index < -0.39 is 0 Å². The number of nitrogens with zero attached hydrogens (tertiary/aromatic N) is 3. The number of amides is 1. The molecule has 4 saturated heterocycles. The Kier molecular flexibility index (Phi) is 5.28. The van der Waals surface area contributed by atoms with Crippen molar-refractivity contribution in [3.05, 3.63) is 0 Å². The van der Waals surface area contributed by atoms with Crippen LogP contribution in [0.3, 0.4) is 0 Å². The molecule has 0 N–H and O–H groups in total. The summed E-state index contributed by atoms with van der Waals surface area (Å²) < 4.78 is 17.5. The van der Waals surface area contributed by atoms with Crippen molar-refractivity contribution in [2.45, 2.75) is 88.4 Å². The maximum atomic E-state index is 11.9. The van der Waals surface area contributed by atoms with Crippen LogP contribution >= 0.6 is 0 Å². The minimum absolute atomic E-state index is 0.0000227. The van der Waals surface area contributed by atoms with Gasteiger partial charge in [0.2, 0.25) is 6.41 Å². The zero-order valence-corrected chi connectivity index (χ0v) is 17.2. The third-order valence-electron chi connectivity index (χ3n) is 7.77. The van der Waals surface area contributed by atoms with E-state index >= 15 is 0 Å². The van der Waals surface area contributed by atoms with Gasteiger partial charge in [-0.05, 0) is 58.5 Å². The first-order valence-corrected chi connectivity index (χ1v) is 11.4. The van der Waals surface area contributed by atoms with E-state index in [1.165, 1.54) is 38.5 Å². The molecule has 2 bridgehead atoms. The second kappa shape index (κ2) is 7.74. The zero-order valence-electron chi connectivity index (χ0n) is 17.2. The van der Waals surface area contributed by atoms with Crippen LogP contribution in [0.15, 0.2) is 0 Å². The van der Waals surface area contributed by atoms with Crippen molar-refractivity contribution in [3.8, 4) is 0 Å². The Morgan fingerprint density at radius 1 is 1.04 bits per heavy atom. The van der Waals surface area contributed by atoms with Crippen molar-refractivity contribution in [3.63, 3.8) is 0 Å². The highest BCUT2D eigenvalue weighted by atomic mass is 16.8. The molecule has 3 atom stereocenters. The number of piperidine rings is 2. The Morgan fingerprint density at radius 3 is 2.54 bits per heavy atom. The molecule has 158 valence electrons. The van der Waals surface area contributed by atoms with Crippen LogP contribution in [0.2, 0.25) is 0 Å². The van der Waals surface area contributed by atoms with E-state index in [-0.39, 0.29) is 18.1 Å². The minimum Gasteiger partial charge on any atom is -0.450 e. The van der Waals surface area contributed by atoms with Gasteiger partial charge in [-0.25, -0.2) is 9.69 Å². The Labute approximate surface area is 168 Å². The lowest BCUT2D eigenvalue weighted by atomic mass is 9.79. The molecule has 0 aromatic heterocycles. The first-order valence-electron chi connectivity index (χ1n) is 11.4. The number of hydrogen-bond donors (Lipinski definition) is 0. The predicted octanol–water partition coefficient (Wildman–Crippen LogP) is 2.40. The number of ether oxygens (including phenoxy) is 3. The second-order valence-corrected chi connectivity index (χ2v) is 9.19. The minimum atomic E-state index is -0.148. The molecular formula is C21H35N3O4. The predicted molar refractivity (Wildman–Crippen MR) is 104 cm³/mol. The van der Waals surface area contributed by atoms with Gasteiger partial charge in [-0.3, -0.25) is 0 Å². The molecule has 0 aromatic rings. The quantitative estimate of drug-likeness (QED) is 0.734. The highest BCUT2D eigenvalue weighted by molar-refractivity contribution is 5.67. The molecule has 0 radical (unpaired) electrons. The van der Waals surface area contributed by atoms with E-state index in [1.807, 2.05) is 11.8 Å². The van der Waals surface area contributed by atoms with E-state index in [9.17, 15) is 4.79 Å². The lowest BCUT2D eigenvalue weighted by Crippen LogP contribution is -2.59. The number of fused-ring (bicyclic) bond motifs is 1. The smallest absolute Gasteiger partial charge is 0.409 e. The van der Waals surface area contributed by atoms with E-state index in [1.54, 1.807) is 0 Å². The summed E-state index contributed by atoms with van der Waals surface area (Å²) in [5.41, 5.74) is -0.0000227. The van der Waals surface area contributed by atoms with Gasteiger partial charge in [-0.1, -0.05) is 12.8 Å². The number of carbonyl (C=O) groups excluding carboxylic acids is 1. The SMILES string of the molecule is CCOC(=O)N1CCC(N2CCC(N3C4OC[C@@]5(CCCC[C@H]35)O4)CC2)CC1. The molecular weight excluding hydrogens is 358 g/mol. The molecule has 5 fully saturated rings. The summed E-state index contributed by atoms with van der Waals surface area (Å²) in [6, 6.07) is 1.77. The number of rotatable bonds is 3. The fourth-order valence-electron chi connectivity index (χ4n) is 6.30. The van der Waals surface area contributed by atoms with E-state index in [0.29, 0.717) is 24.7 Å². The largest absolute Gasteiger partial charge is 0.450 e. The van der Waals surface area contributed by atoms with Crippen LogP contribution in [-0.4, -0.2) is 90.3 Å². The fraction of sp³-hybridized carbons (Fsp3) is 0.952. The molecule has 1 spiro atoms. The molecule has 4 heterocycles. The Balaban J connectivity index is 1.13. The maximum absolute atomic E-state index is 11.9. The van der Waals surface area contributed by atoms with Crippen LogP contribution in [0.25, 0.3) is 0 Å². The van der Waals surface area contributed by atoms with Gasteiger partial charge >= 0.3 is 6.09 Å². The molecule has 1 aliphatic carbocycles. The first kappa shape index (κ1) is 19.1. The monoisotopic (exact) mass is 393 g/mol. The summed E-state index contributed by atoms with van der Waals surface area (Å²) in [5.74, 6) is 0. The van der Waals surface area contributed by atoms with Gasteiger partial charge in [-0.15, -0.1) is 0 Å². The molecule has 1 amide bonds. The summed E-state index contributed by atoms with van der Waals surface area (Å²) in [5, 5.41) is 0. The van der Waals surface area contributed by atoms with Crippen molar-refractivity contribution < 1.29 is 19.0 Å². The fourth-order valence-corrected chi connectivity index (χ4v) is 6.30. The molecule has 28 heavy (non-hydrogen) atoms. The summed E-state index contributed by atoms with van der Waals surface area (Å²) in [6.07, 6.45) is 9.34. The van der Waals surface area contributed by atoms with Crippen LogP contribution in [0.1, 0.15) is 58.3 Å². The number of carbonyl (C=O) groups is 1. The lowest BCUT2D eigenvalue weighted by molar-refractivity contribution is -0.151. The molecule has 1 saturated carbocycles. The summed E-state index contributed by atoms with van der Waals surface area (Å²) >= 11 is 0. The molecule has 5 aliphatic rings. The van der Waals surface area contributed by atoms with E-state index in [2.05, 4.69) is 9.80 Å². The Hall–Kier alpha value is -0.890.